The summed E-state index contributed by atoms with van der Waals surface area (Å²) in [5.41, 5.74) is 2.44. The van der Waals surface area contributed by atoms with Gasteiger partial charge in [-0.25, -0.2) is 0 Å². The highest BCUT2D eigenvalue weighted by atomic mass is 35.5. The van der Waals surface area contributed by atoms with Crippen molar-refractivity contribution >= 4 is 18.3 Å². The second-order valence-electron chi connectivity index (χ2n) is 5.37. The molecule has 1 fully saturated rings. The molecule has 124 valence electrons. The number of aromatic amines is 1. The van der Waals surface area contributed by atoms with E-state index in [1.54, 1.807) is 13.3 Å². The Labute approximate surface area is 141 Å². The van der Waals surface area contributed by atoms with Gasteiger partial charge in [-0.3, -0.25) is 9.89 Å². The zero-order chi connectivity index (χ0) is 15.5. The quantitative estimate of drug-likeness (QED) is 0.898. The van der Waals surface area contributed by atoms with E-state index in [1.165, 1.54) is 0 Å². The van der Waals surface area contributed by atoms with E-state index in [2.05, 4.69) is 15.5 Å². The fourth-order valence-electron chi connectivity index (χ4n) is 2.89. The molecular weight excluding hydrogens is 316 g/mol. The van der Waals surface area contributed by atoms with E-state index >= 15 is 0 Å². The number of piperazine rings is 1. The summed E-state index contributed by atoms with van der Waals surface area (Å²) < 4.78 is 5.46. The number of H-pyrrole nitrogens is 1. The normalized spacial score (nSPS) is 17.5. The zero-order valence-electron chi connectivity index (χ0n) is 13.2. The van der Waals surface area contributed by atoms with Crippen molar-refractivity contribution in [2.24, 2.45) is 0 Å². The van der Waals surface area contributed by atoms with Crippen LogP contribution in [0.25, 0.3) is 0 Å². The van der Waals surface area contributed by atoms with E-state index in [0.29, 0.717) is 18.7 Å². The predicted molar refractivity (Wildman–Crippen MR) is 90.2 cm³/mol. The van der Waals surface area contributed by atoms with Crippen LogP contribution in [-0.2, 0) is 0 Å². The number of carbonyl (C=O) groups excluding carboxylic acids is 1. The van der Waals surface area contributed by atoms with Crippen molar-refractivity contribution in [2.45, 2.75) is 13.0 Å². The lowest BCUT2D eigenvalue weighted by atomic mass is 10.0. The molecular formula is C16H21ClN4O2. The van der Waals surface area contributed by atoms with Crippen LogP contribution in [0.15, 0.2) is 30.5 Å². The van der Waals surface area contributed by atoms with Crippen LogP contribution in [-0.4, -0.2) is 47.7 Å². The Morgan fingerprint density at radius 2 is 2.17 bits per heavy atom. The SMILES string of the molecule is COc1ccccc1C1CNCCN1C(=O)c1cn[nH]c1C.Cl. The van der Waals surface area contributed by atoms with Gasteiger partial charge in [0.25, 0.3) is 5.91 Å². The zero-order valence-corrected chi connectivity index (χ0v) is 14.0. The van der Waals surface area contributed by atoms with Gasteiger partial charge in [0.05, 0.1) is 24.9 Å². The number of benzene rings is 1. The van der Waals surface area contributed by atoms with Gasteiger partial charge in [0.1, 0.15) is 5.75 Å². The van der Waals surface area contributed by atoms with Crippen molar-refractivity contribution in [3.8, 4) is 5.75 Å². The molecule has 1 amide bonds. The van der Waals surface area contributed by atoms with Crippen LogP contribution < -0.4 is 10.1 Å². The van der Waals surface area contributed by atoms with Gasteiger partial charge in [0.15, 0.2) is 0 Å². The molecule has 1 saturated heterocycles. The first-order valence-electron chi connectivity index (χ1n) is 7.37. The second kappa shape index (κ2) is 7.48. The number of aryl methyl sites for hydroxylation is 1. The minimum atomic E-state index is -0.0494. The molecule has 6 nitrogen and oxygen atoms in total. The summed E-state index contributed by atoms with van der Waals surface area (Å²) in [7, 11) is 1.65. The maximum atomic E-state index is 12.9. The number of methoxy groups -OCH3 is 1. The Morgan fingerprint density at radius 1 is 1.39 bits per heavy atom. The van der Waals surface area contributed by atoms with Gasteiger partial charge < -0.3 is 15.0 Å². The molecule has 23 heavy (non-hydrogen) atoms. The largest absolute Gasteiger partial charge is 0.496 e. The summed E-state index contributed by atoms with van der Waals surface area (Å²) in [6, 6.07) is 7.80. The van der Waals surface area contributed by atoms with Crippen LogP contribution in [0.4, 0.5) is 0 Å². The summed E-state index contributed by atoms with van der Waals surface area (Å²) in [4.78, 5) is 14.8. The van der Waals surface area contributed by atoms with Crippen molar-refractivity contribution in [1.29, 1.82) is 0 Å². The average Bonchev–Trinajstić information content (AvgIpc) is 3.00. The van der Waals surface area contributed by atoms with Gasteiger partial charge in [0.2, 0.25) is 0 Å². The van der Waals surface area contributed by atoms with Crippen LogP contribution in [0.3, 0.4) is 0 Å². The number of hydrogen-bond acceptors (Lipinski definition) is 4. The number of halogens is 1. The maximum Gasteiger partial charge on any atom is 0.257 e. The summed E-state index contributed by atoms with van der Waals surface area (Å²) >= 11 is 0. The molecule has 1 aromatic carbocycles. The Hall–Kier alpha value is -2.05. The minimum absolute atomic E-state index is 0. The van der Waals surface area contributed by atoms with Crippen molar-refractivity contribution in [3.05, 3.63) is 47.3 Å². The molecule has 2 aromatic rings. The van der Waals surface area contributed by atoms with Crippen LogP contribution in [0.2, 0.25) is 0 Å². The molecule has 0 bridgehead atoms. The van der Waals surface area contributed by atoms with E-state index < -0.39 is 0 Å². The number of ether oxygens (including phenoxy) is 1. The van der Waals surface area contributed by atoms with Gasteiger partial charge in [0, 0.05) is 30.9 Å². The molecule has 1 unspecified atom stereocenters. The highest BCUT2D eigenvalue weighted by Crippen LogP contribution is 2.31. The van der Waals surface area contributed by atoms with Gasteiger partial charge in [-0.05, 0) is 13.0 Å². The van der Waals surface area contributed by atoms with Gasteiger partial charge in [-0.15, -0.1) is 12.4 Å². The van der Waals surface area contributed by atoms with E-state index in [4.69, 9.17) is 4.74 Å². The van der Waals surface area contributed by atoms with Crippen LogP contribution in [0.5, 0.6) is 5.75 Å². The number of amides is 1. The number of para-hydroxylation sites is 1. The highest BCUT2D eigenvalue weighted by molar-refractivity contribution is 5.95. The number of hydrogen-bond donors (Lipinski definition) is 2. The summed E-state index contributed by atoms with van der Waals surface area (Å²) in [6.45, 7) is 4.02. The monoisotopic (exact) mass is 336 g/mol. The van der Waals surface area contributed by atoms with Crippen molar-refractivity contribution in [1.82, 2.24) is 20.4 Å². The Bertz CT molecular complexity index is 674. The van der Waals surface area contributed by atoms with Gasteiger partial charge in [-0.2, -0.15) is 5.10 Å². The van der Waals surface area contributed by atoms with E-state index in [0.717, 1.165) is 23.6 Å². The smallest absolute Gasteiger partial charge is 0.257 e. The third-order valence-electron chi connectivity index (χ3n) is 4.06. The first kappa shape index (κ1) is 17.3. The average molecular weight is 337 g/mol. The highest BCUT2D eigenvalue weighted by Gasteiger charge is 2.31. The van der Waals surface area contributed by atoms with E-state index in [-0.39, 0.29) is 24.4 Å². The van der Waals surface area contributed by atoms with Crippen molar-refractivity contribution in [3.63, 3.8) is 0 Å². The lowest BCUT2D eigenvalue weighted by Gasteiger charge is -2.37. The molecule has 1 aliphatic heterocycles. The number of nitrogens with one attached hydrogen (secondary N) is 2. The first-order valence-corrected chi connectivity index (χ1v) is 7.37. The van der Waals surface area contributed by atoms with E-state index in [1.807, 2.05) is 36.1 Å². The molecule has 2 N–H and O–H groups in total. The first-order chi connectivity index (χ1) is 10.7. The predicted octanol–water partition coefficient (Wildman–Crippen LogP) is 1.94. The standard InChI is InChI=1S/C16H20N4O2.ClH/c1-11-13(9-18-19-11)16(21)20-8-7-17-10-14(20)12-5-3-4-6-15(12)22-2;/h3-6,9,14,17H,7-8,10H2,1-2H3,(H,18,19);1H. The molecule has 0 spiro atoms. The summed E-state index contributed by atoms with van der Waals surface area (Å²) in [6.07, 6.45) is 1.60. The molecule has 2 heterocycles. The molecule has 1 atom stereocenters. The molecule has 7 heteroatoms. The molecule has 1 aromatic heterocycles. The molecule has 3 rings (SSSR count). The summed E-state index contributed by atoms with van der Waals surface area (Å²) in [5, 5.41) is 10.1. The number of nitrogens with zero attached hydrogens (tertiary/aromatic N) is 2. The summed E-state index contributed by atoms with van der Waals surface area (Å²) in [5.74, 6) is 0.807. The topological polar surface area (TPSA) is 70.2 Å². The lowest BCUT2D eigenvalue weighted by molar-refractivity contribution is 0.0631. The Morgan fingerprint density at radius 3 is 2.87 bits per heavy atom. The number of aromatic nitrogens is 2. The third kappa shape index (κ3) is 3.33. The maximum absolute atomic E-state index is 12.9. The van der Waals surface area contributed by atoms with Crippen LogP contribution in [0.1, 0.15) is 27.7 Å². The Kier molecular flexibility index (Phi) is 5.63. The Balaban J connectivity index is 0.00000192. The number of carbonyl (C=O) groups is 1. The lowest BCUT2D eigenvalue weighted by Crippen LogP contribution is -2.48. The van der Waals surface area contributed by atoms with Gasteiger partial charge >= 0.3 is 0 Å². The van der Waals surface area contributed by atoms with Crippen molar-refractivity contribution in [2.75, 3.05) is 26.7 Å². The minimum Gasteiger partial charge on any atom is -0.496 e. The number of rotatable bonds is 3. The molecule has 0 aliphatic carbocycles. The van der Waals surface area contributed by atoms with Crippen LogP contribution in [0, 0.1) is 6.92 Å². The van der Waals surface area contributed by atoms with Crippen molar-refractivity contribution < 1.29 is 9.53 Å². The van der Waals surface area contributed by atoms with E-state index in [9.17, 15) is 4.79 Å². The molecule has 1 aliphatic rings. The second-order valence-corrected chi connectivity index (χ2v) is 5.37. The fraction of sp³-hybridized carbons (Fsp3) is 0.375. The van der Waals surface area contributed by atoms with Crippen LogP contribution >= 0.6 is 12.4 Å². The third-order valence-corrected chi connectivity index (χ3v) is 4.06. The fourth-order valence-corrected chi connectivity index (χ4v) is 2.89. The molecule has 0 saturated carbocycles. The molecule has 0 radical (unpaired) electrons. The van der Waals surface area contributed by atoms with Gasteiger partial charge in [-0.1, -0.05) is 18.2 Å².